The summed E-state index contributed by atoms with van der Waals surface area (Å²) in [6.07, 6.45) is 0. The second-order valence-electron chi connectivity index (χ2n) is 5.87. The molecule has 0 bridgehead atoms. The smallest absolute Gasteiger partial charge is 0.292 e. The summed E-state index contributed by atoms with van der Waals surface area (Å²) in [6, 6.07) is 5.14. The molecule has 0 amide bonds. The van der Waals surface area contributed by atoms with Gasteiger partial charge in [0.1, 0.15) is 5.69 Å². The molecule has 0 saturated heterocycles. The number of benzene rings is 1. The maximum atomic E-state index is 11.0. The molecule has 1 N–H and O–H groups in total. The van der Waals surface area contributed by atoms with Crippen LogP contribution < -0.4 is 5.32 Å². The molecule has 0 aliphatic carbocycles. The average molecular weight is 250 g/mol. The highest BCUT2D eigenvalue weighted by Crippen LogP contribution is 2.30. The largest absolute Gasteiger partial charge is 0.379 e. The van der Waals surface area contributed by atoms with Crippen LogP contribution in [0.1, 0.15) is 33.3 Å². The van der Waals surface area contributed by atoms with E-state index in [4.69, 9.17) is 0 Å². The summed E-state index contributed by atoms with van der Waals surface area (Å²) >= 11 is 0. The van der Waals surface area contributed by atoms with Crippen molar-refractivity contribution in [3.05, 3.63) is 33.9 Å². The molecule has 4 nitrogen and oxygen atoms in total. The molecule has 18 heavy (non-hydrogen) atoms. The highest BCUT2D eigenvalue weighted by atomic mass is 16.6. The topological polar surface area (TPSA) is 55.2 Å². The molecule has 0 saturated carbocycles. The number of nitrogens with one attached hydrogen (secondary N) is 1. The van der Waals surface area contributed by atoms with Crippen molar-refractivity contribution in [2.24, 2.45) is 11.3 Å². The number of nitro benzene ring substituents is 1. The van der Waals surface area contributed by atoms with Gasteiger partial charge in [0.25, 0.3) is 5.69 Å². The third-order valence-corrected chi connectivity index (χ3v) is 3.51. The van der Waals surface area contributed by atoms with Crippen LogP contribution in [-0.2, 0) is 0 Å². The first kappa shape index (κ1) is 14.5. The van der Waals surface area contributed by atoms with Gasteiger partial charge in [0.2, 0.25) is 0 Å². The van der Waals surface area contributed by atoms with Crippen LogP contribution in [0.5, 0.6) is 0 Å². The Bertz CT molecular complexity index is 436. The number of nitro groups is 1. The monoisotopic (exact) mass is 250 g/mol. The van der Waals surface area contributed by atoms with Crippen LogP contribution in [0, 0.1) is 28.4 Å². The third-order valence-electron chi connectivity index (χ3n) is 3.51. The third kappa shape index (κ3) is 3.45. The van der Waals surface area contributed by atoms with E-state index in [0.29, 0.717) is 11.6 Å². The van der Waals surface area contributed by atoms with Gasteiger partial charge >= 0.3 is 0 Å². The van der Waals surface area contributed by atoms with E-state index < -0.39 is 0 Å². The Hall–Kier alpha value is -1.58. The van der Waals surface area contributed by atoms with Crippen LogP contribution in [-0.4, -0.2) is 11.5 Å². The first-order chi connectivity index (χ1) is 8.23. The van der Waals surface area contributed by atoms with Gasteiger partial charge in [0.05, 0.1) is 4.92 Å². The molecular formula is C14H22N2O2. The second kappa shape index (κ2) is 5.38. The summed E-state index contributed by atoms with van der Waals surface area (Å²) in [4.78, 5) is 10.6. The lowest BCUT2D eigenvalue weighted by atomic mass is 9.82. The van der Waals surface area contributed by atoms with Crippen molar-refractivity contribution >= 4 is 11.4 Å². The van der Waals surface area contributed by atoms with Crippen LogP contribution in [0.2, 0.25) is 0 Å². The molecule has 0 aliphatic heterocycles. The first-order valence-corrected chi connectivity index (χ1v) is 6.21. The van der Waals surface area contributed by atoms with E-state index in [9.17, 15) is 10.1 Å². The number of hydrogen-bond acceptors (Lipinski definition) is 3. The minimum atomic E-state index is -0.336. The SMILES string of the molecule is Cc1cccc([N+](=O)[O-])c1NCC(C)C(C)(C)C. The molecule has 1 unspecified atom stereocenters. The maximum Gasteiger partial charge on any atom is 0.292 e. The van der Waals surface area contributed by atoms with Gasteiger partial charge in [-0.1, -0.05) is 39.8 Å². The molecule has 0 heterocycles. The Balaban J connectivity index is 2.88. The molecule has 1 aromatic rings. The van der Waals surface area contributed by atoms with E-state index >= 15 is 0 Å². The van der Waals surface area contributed by atoms with Crippen molar-refractivity contribution in [3.8, 4) is 0 Å². The van der Waals surface area contributed by atoms with Gasteiger partial charge in [0.15, 0.2) is 0 Å². The fraction of sp³-hybridized carbons (Fsp3) is 0.571. The van der Waals surface area contributed by atoms with E-state index in [-0.39, 0.29) is 16.0 Å². The second-order valence-corrected chi connectivity index (χ2v) is 5.87. The molecule has 1 atom stereocenters. The summed E-state index contributed by atoms with van der Waals surface area (Å²) in [7, 11) is 0. The van der Waals surface area contributed by atoms with Crippen molar-refractivity contribution in [2.75, 3.05) is 11.9 Å². The standard InChI is InChI=1S/C14H22N2O2/c1-10-7-6-8-12(16(17)18)13(10)15-9-11(2)14(3,4)5/h6-8,11,15H,9H2,1-5H3. The number of hydrogen-bond donors (Lipinski definition) is 1. The summed E-state index contributed by atoms with van der Waals surface area (Å²) < 4.78 is 0. The zero-order chi connectivity index (χ0) is 13.9. The highest BCUT2D eigenvalue weighted by Gasteiger charge is 2.21. The van der Waals surface area contributed by atoms with Crippen LogP contribution in [0.3, 0.4) is 0 Å². The molecule has 1 rings (SSSR count). The normalized spacial score (nSPS) is 13.2. The fourth-order valence-corrected chi connectivity index (χ4v) is 1.60. The Kier molecular flexibility index (Phi) is 4.33. The lowest BCUT2D eigenvalue weighted by Crippen LogP contribution is -2.25. The molecule has 0 aromatic heterocycles. The quantitative estimate of drug-likeness (QED) is 0.649. The van der Waals surface area contributed by atoms with E-state index in [1.165, 1.54) is 6.07 Å². The minimum Gasteiger partial charge on any atom is -0.379 e. The Morgan fingerprint density at radius 2 is 2.00 bits per heavy atom. The average Bonchev–Trinajstić information content (AvgIpc) is 2.25. The molecule has 100 valence electrons. The van der Waals surface area contributed by atoms with Gasteiger partial charge < -0.3 is 5.32 Å². The predicted octanol–water partition coefficient (Wildman–Crippen LogP) is 4.00. The Morgan fingerprint density at radius 3 is 2.50 bits per heavy atom. The highest BCUT2D eigenvalue weighted by molar-refractivity contribution is 5.65. The van der Waals surface area contributed by atoms with E-state index in [2.05, 4.69) is 33.0 Å². The van der Waals surface area contributed by atoms with Crippen LogP contribution in [0.15, 0.2) is 18.2 Å². The van der Waals surface area contributed by atoms with Gasteiger partial charge in [-0.15, -0.1) is 0 Å². The molecule has 0 radical (unpaired) electrons. The van der Waals surface area contributed by atoms with E-state index in [0.717, 1.165) is 12.1 Å². The summed E-state index contributed by atoms with van der Waals surface area (Å²) in [5.41, 5.74) is 1.88. The predicted molar refractivity (Wildman–Crippen MR) is 74.9 cm³/mol. The van der Waals surface area contributed by atoms with Gasteiger partial charge in [-0.05, 0) is 23.8 Å². The molecule has 0 fully saturated rings. The number of para-hydroxylation sites is 1. The van der Waals surface area contributed by atoms with E-state index in [1.807, 2.05) is 13.0 Å². The Morgan fingerprint density at radius 1 is 1.39 bits per heavy atom. The zero-order valence-corrected chi connectivity index (χ0v) is 11.8. The molecule has 0 aliphatic rings. The van der Waals surface area contributed by atoms with Crippen molar-refractivity contribution in [3.63, 3.8) is 0 Å². The first-order valence-electron chi connectivity index (χ1n) is 6.21. The van der Waals surface area contributed by atoms with Crippen LogP contribution >= 0.6 is 0 Å². The van der Waals surface area contributed by atoms with Gasteiger partial charge in [-0.25, -0.2) is 0 Å². The van der Waals surface area contributed by atoms with Crippen LogP contribution in [0.4, 0.5) is 11.4 Å². The van der Waals surface area contributed by atoms with Crippen LogP contribution in [0.25, 0.3) is 0 Å². The molecule has 0 spiro atoms. The Labute approximate surface area is 109 Å². The number of nitrogens with zero attached hydrogens (tertiary/aromatic N) is 1. The van der Waals surface area contributed by atoms with Crippen molar-refractivity contribution in [1.29, 1.82) is 0 Å². The zero-order valence-electron chi connectivity index (χ0n) is 11.8. The lowest BCUT2D eigenvalue weighted by Gasteiger charge is -2.27. The van der Waals surface area contributed by atoms with Crippen molar-refractivity contribution < 1.29 is 4.92 Å². The fourth-order valence-electron chi connectivity index (χ4n) is 1.60. The number of aryl methyl sites for hydroxylation is 1. The van der Waals surface area contributed by atoms with Gasteiger partial charge in [-0.3, -0.25) is 10.1 Å². The molecule has 4 heteroatoms. The summed E-state index contributed by atoms with van der Waals surface area (Å²) in [5, 5.41) is 14.2. The lowest BCUT2D eigenvalue weighted by molar-refractivity contribution is -0.384. The molecule has 1 aromatic carbocycles. The number of rotatable bonds is 4. The van der Waals surface area contributed by atoms with Crippen molar-refractivity contribution in [1.82, 2.24) is 0 Å². The van der Waals surface area contributed by atoms with E-state index in [1.54, 1.807) is 6.07 Å². The molecular weight excluding hydrogens is 228 g/mol. The van der Waals surface area contributed by atoms with Gasteiger partial charge in [0, 0.05) is 12.6 Å². The maximum absolute atomic E-state index is 11.0. The number of anilines is 1. The summed E-state index contributed by atoms with van der Waals surface area (Å²) in [5.74, 6) is 0.428. The minimum absolute atomic E-state index is 0.149. The van der Waals surface area contributed by atoms with Gasteiger partial charge in [-0.2, -0.15) is 0 Å². The summed E-state index contributed by atoms with van der Waals surface area (Å²) in [6.45, 7) is 11.3. The van der Waals surface area contributed by atoms with Crippen molar-refractivity contribution in [2.45, 2.75) is 34.6 Å².